The van der Waals surface area contributed by atoms with Gasteiger partial charge in [0.2, 0.25) is 11.8 Å². The van der Waals surface area contributed by atoms with Crippen molar-refractivity contribution in [1.29, 1.82) is 0 Å². The van der Waals surface area contributed by atoms with Gasteiger partial charge >= 0.3 is 0 Å². The third kappa shape index (κ3) is 3.50. The molecule has 5 heteroatoms. The number of likely N-dealkylation sites (tertiary alicyclic amines) is 2. The minimum Gasteiger partial charge on any atom is -0.348 e. The molecule has 0 N–H and O–H groups in total. The quantitative estimate of drug-likeness (QED) is 0.828. The molecule has 2 aliphatic heterocycles. The van der Waals surface area contributed by atoms with Crippen molar-refractivity contribution >= 4 is 11.8 Å². The van der Waals surface area contributed by atoms with Gasteiger partial charge in [-0.25, -0.2) is 0 Å². The summed E-state index contributed by atoms with van der Waals surface area (Å²) in [5.41, 5.74) is 0.720. The normalized spacial score (nSPS) is 26.3. The second kappa shape index (κ2) is 7.78. The summed E-state index contributed by atoms with van der Waals surface area (Å²) < 4.78 is 0. The van der Waals surface area contributed by atoms with Crippen LogP contribution in [0.4, 0.5) is 0 Å². The van der Waals surface area contributed by atoms with Crippen molar-refractivity contribution in [2.45, 2.75) is 38.6 Å². The summed E-state index contributed by atoms with van der Waals surface area (Å²) in [6, 6.07) is 10.2. The third-order valence-corrected chi connectivity index (χ3v) is 6.21. The predicted octanol–water partition coefficient (Wildman–Crippen LogP) is 2.02. The first-order chi connectivity index (χ1) is 12.5. The number of amides is 2. The Kier molecular flexibility index (Phi) is 5.66. The molecule has 0 aliphatic carbocycles. The summed E-state index contributed by atoms with van der Waals surface area (Å²) >= 11 is 0. The van der Waals surface area contributed by atoms with Crippen LogP contribution in [0.2, 0.25) is 0 Å². The maximum atomic E-state index is 13.1. The molecule has 0 radical (unpaired) electrons. The number of benzene rings is 1. The van der Waals surface area contributed by atoms with Crippen molar-refractivity contribution in [3.63, 3.8) is 0 Å². The fraction of sp³-hybridized carbons (Fsp3) is 0.619. The molecule has 2 atom stereocenters. The molecule has 2 heterocycles. The number of hydrogen-bond acceptors (Lipinski definition) is 3. The van der Waals surface area contributed by atoms with Crippen LogP contribution in [0.25, 0.3) is 0 Å². The maximum absolute atomic E-state index is 13.1. The van der Waals surface area contributed by atoms with Crippen LogP contribution in [0.1, 0.15) is 31.7 Å². The number of rotatable bonds is 4. The molecule has 1 aromatic carbocycles. The smallest absolute Gasteiger partial charge is 0.229 e. The Morgan fingerprint density at radius 1 is 1.12 bits per heavy atom. The molecular weight excluding hydrogens is 326 g/mol. The molecule has 2 saturated heterocycles. The van der Waals surface area contributed by atoms with Gasteiger partial charge < -0.3 is 9.80 Å². The molecule has 2 amide bonds. The standard InChI is InChI=1S/C21H31N3O2/c1-4-23-14-11-21(20(26)22(2)3)12-15-24(13-10-18(21)23)19(25)16-17-8-6-5-7-9-17/h5-9,18H,4,10-16H2,1-3H3/t18-,21+/m0/s1. The first-order valence-electron chi connectivity index (χ1n) is 9.75. The summed E-state index contributed by atoms with van der Waals surface area (Å²) in [7, 11) is 3.71. The van der Waals surface area contributed by atoms with Gasteiger partial charge in [0, 0.05) is 33.2 Å². The Hall–Kier alpha value is -1.88. The van der Waals surface area contributed by atoms with Crippen LogP contribution in [0, 0.1) is 5.41 Å². The molecule has 2 fully saturated rings. The molecule has 0 bridgehead atoms. The summed E-state index contributed by atoms with van der Waals surface area (Å²) in [6.45, 7) is 5.54. The van der Waals surface area contributed by atoms with E-state index in [1.165, 1.54) is 0 Å². The van der Waals surface area contributed by atoms with E-state index in [4.69, 9.17) is 0 Å². The second-order valence-corrected chi connectivity index (χ2v) is 7.83. The van der Waals surface area contributed by atoms with Gasteiger partial charge in [-0.1, -0.05) is 37.3 Å². The number of carbonyl (C=O) groups is 2. The van der Waals surface area contributed by atoms with Gasteiger partial charge in [0.25, 0.3) is 0 Å². The van der Waals surface area contributed by atoms with Gasteiger partial charge in [-0.05, 0) is 37.9 Å². The van der Waals surface area contributed by atoms with E-state index < -0.39 is 0 Å². The largest absolute Gasteiger partial charge is 0.348 e. The van der Waals surface area contributed by atoms with Crippen molar-refractivity contribution in [3.05, 3.63) is 35.9 Å². The molecular formula is C21H31N3O2. The molecule has 142 valence electrons. The maximum Gasteiger partial charge on any atom is 0.229 e. The average Bonchev–Trinajstić information content (AvgIpc) is 2.89. The topological polar surface area (TPSA) is 43.9 Å². The Morgan fingerprint density at radius 2 is 1.81 bits per heavy atom. The van der Waals surface area contributed by atoms with E-state index >= 15 is 0 Å². The zero-order valence-corrected chi connectivity index (χ0v) is 16.3. The molecule has 0 unspecified atom stereocenters. The number of hydrogen-bond donors (Lipinski definition) is 0. The molecule has 0 saturated carbocycles. The fourth-order valence-corrected chi connectivity index (χ4v) is 4.80. The highest BCUT2D eigenvalue weighted by Crippen LogP contribution is 2.44. The number of nitrogens with zero attached hydrogens (tertiary/aromatic N) is 3. The van der Waals surface area contributed by atoms with Crippen LogP contribution in [0.15, 0.2) is 30.3 Å². The van der Waals surface area contributed by atoms with Crippen molar-refractivity contribution in [2.24, 2.45) is 5.41 Å². The first-order valence-corrected chi connectivity index (χ1v) is 9.75. The van der Waals surface area contributed by atoms with Gasteiger partial charge in [0.1, 0.15) is 0 Å². The van der Waals surface area contributed by atoms with Crippen LogP contribution in [-0.2, 0) is 16.0 Å². The van der Waals surface area contributed by atoms with Gasteiger partial charge in [-0.3, -0.25) is 14.5 Å². The predicted molar refractivity (Wildman–Crippen MR) is 103 cm³/mol. The van der Waals surface area contributed by atoms with E-state index in [-0.39, 0.29) is 23.3 Å². The highest BCUT2D eigenvalue weighted by molar-refractivity contribution is 5.84. The minimum absolute atomic E-state index is 0.173. The van der Waals surface area contributed by atoms with Crippen LogP contribution >= 0.6 is 0 Å². The molecule has 0 aromatic heterocycles. The fourth-order valence-electron chi connectivity index (χ4n) is 4.80. The highest BCUT2D eigenvalue weighted by atomic mass is 16.2. The Labute approximate surface area is 156 Å². The monoisotopic (exact) mass is 357 g/mol. The summed E-state index contributed by atoms with van der Waals surface area (Å²) in [5, 5.41) is 0. The SMILES string of the molecule is CCN1CC[C@@]2(C(=O)N(C)C)CCN(C(=O)Cc3ccccc3)CC[C@H]12. The Morgan fingerprint density at radius 3 is 2.46 bits per heavy atom. The molecule has 5 nitrogen and oxygen atoms in total. The van der Waals surface area contributed by atoms with Gasteiger partial charge in [0.05, 0.1) is 11.8 Å². The van der Waals surface area contributed by atoms with E-state index in [1.54, 1.807) is 4.90 Å². The van der Waals surface area contributed by atoms with Crippen molar-refractivity contribution in [1.82, 2.24) is 14.7 Å². The summed E-state index contributed by atoms with van der Waals surface area (Å²) in [4.78, 5) is 32.1. The zero-order valence-electron chi connectivity index (χ0n) is 16.3. The van der Waals surface area contributed by atoms with E-state index in [1.807, 2.05) is 49.3 Å². The second-order valence-electron chi connectivity index (χ2n) is 7.83. The van der Waals surface area contributed by atoms with Gasteiger partial charge in [-0.15, -0.1) is 0 Å². The van der Waals surface area contributed by atoms with Crippen LogP contribution in [0.5, 0.6) is 0 Å². The Bertz CT molecular complexity index is 646. The van der Waals surface area contributed by atoms with Crippen LogP contribution in [-0.4, -0.2) is 72.8 Å². The van der Waals surface area contributed by atoms with E-state index in [2.05, 4.69) is 11.8 Å². The number of carbonyl (C=O) groups excluding carboxylic acids is 2. The summed E-state index contributed by atoms with van der Waals surface area (Å²) in [5.74, 6) is 0.405. The molecule has 1 aromatic rings. The lowest BCUT2D eigenvalue weighted by molar-refractivity contribution is -0.141. The minimum atomic E-state index is -0.332. The lowest BCUT2D eigenvalue weighted by atomic mass is 9.75. The molecule has 3 rings (SSSR count). The van der Waals surface area contributed by atoms with Gasteiger partial charge in [0.15, 0.2) is 0 Å². The van der Waals surface area contributed by atoms with E-state index in [0.29, 0.717) is 13.0 Å². The van der Waals surface area contributed by atoms with Crippen molar-refractivity contribution < 1.29 is 9.59 Å². The van der Waals surface area contributed by atoms with Gasteiger partial charge in [-0.2, -0.15) is 0 Å². The van der Waals surface area contributed by atoms with E-state index in [0.717, 1.165) is 44.5 Å². The lowest BCUT2D eigenvalue weighted by Crippen LogP contribution is -2.49. The van der Waals surface area contributed by atoms with Crippen molar-refractivity contribution in [3.8, 4) is 0 Å². The first kappa shape index (κ1) is 18.9. The third-order valence-electron chi connectivity index (χ3n) is 6.21. The van der Waals surface area contributed by atoms with Crippen molar-refractivity contribution in [2.75, 3.05) is 40.3 Å². The van der Waals surface area contributed by atoms with Crippen LogP contribution in [0.3, 0.4) is 0 Å². The highest BCUT2D eigenvalue weighted by Gasteiger charge is 2.53. The molecule has 2 aliphatic rings. The Balaban J connectivity index is 1.76. The number of fused-ring (bicyclic) bond motifs is 1. The van der Waals surface area contributed by atoms with Crippen LogP contribution < -0.4 is 0 Å². The molecule has 0 spiro atoms. The average molecular weight is 357 g/mol. The van der Waals surface area contributed by atoms with E-state index in [9.17, 15) is 9.59 Å². The molecule has 26 heavy (non-hydrogen) atoms. The zero-order chi connectivity index (χ0) is 18.7. The summed E-state index contributed by atoms with van der Waals surface area (Å²) in [6.07, 6.45) is 3.00. The lowest BCUT2D eigenvalue weighted by Gasteiger charge is -2.37.